The molecule has 0 unspecified atom stereocenters. The Balaban J connectivity index is 2.08. The molecule has 1 aliphatic carbocycles. The van der Waals surface area contributed by atoms with E-state index >= 15 is 0 Å². The molecule has 0 nitrogen and oxygen atoms in total. The van der Waals surface area contributed by atoms with Crippen molar-refractivity contribution >= 4 is 12.4 Å². The summed E-state index contributed by atoms with van der Waals surface area (Å²) in [4.78, 5) is 0. The van der Waals surface area contributed by atoms with Crippen molar-refractivity contribution < 1.29 is 12.9 Å². The Morgan fingerprint density at radius 3 is 2.07 bits per heavy atom. The molecule has 0 atom stereocenters. The van der Waals surface area contributed by atoms with E-state index in [1.807, 2.05) is 0 Å². The third-order valence-electron chi connectivity index (χ3n) is 2.58. The van der Waals surface area contributed by atoms with E-state index in [-0.39, 0.29) is 0 Å². The number of hydrogen-bond acceptors (Lipinski definition) is 0. The smallest absolute Gasteiger partial charge is 0.445 e. The Morgan fingerprint density at radius 2 is 1.64 bits per heavy atom. The van der Waals surface area contributed by atoms with Gasteiger partial charge in [0.2, 0.25) is 0 Å². The van der Waals surface area contributed by atoms with Gasteiger partial charge >= 0.3 is 6.98 Å². The van der Waals surface area contributed by atoms with Gasteiger partial charge < -0.3 is 12.9 Å². The van der Waals surface area contributed by atoms with Crippen molar-refractivity contribution in [2.24, 2.45) is 5.92 Å². The molecule has 0 aromatic heterocycles. The van der Waals surface area contributed by atoms with E-state index in [1.54, 1.807) is 12.1 Å². The highest BCUT2D eigenvalue weighted by atomic mass is 19.4. The van der Waals surface area contributed by atoms with Crippen LogP contribution in [-0.2, 0) is 6.42 Å². The van der Waals surface area contributed by atoms with Gasteiger partial charge in [-0.05, 0) is 30.7 Å². The van der Waals surface area contributed by atoms with Crippen molar-refractivity contribution in [3.05, 3.63) is 29.8 Å². The highest BCUT2D eigenvalue weighted by molar-refractivity contribution is 6.73. The van der Waals surface area contributed by atoms with Crippen LogP contribution in [0.15, 0.2) is 24.3 Å². The molecule has 1 aromatic rings. The summed E-state index contributed by atoms with van der Waals surface area (Å²) in [5.41, 5.74) is 0.529. The minimum atomic E-state index is -4.83. The summed E-state index contributed by atoms with van der Waals surface area (Å²) in [5.74, 6) is 0.720. The molecule has 0 amide bonds. The second-order valence-corrected chi connectivity index (χ2v) is 3.96. The van der Waals surface area contributed by atoms with Gasteiger partial charge in [-0.15, -0.1) is 5.46 Å². The number of hydrogen-bond donors (Lipinski definition) is 0. The van der Waals surface area contributed by atoms with Gasteiger partial charge in [-0.25, -0.2) is 0 Å². The van der Waals surface area contributed by atoms with E-state index < -0.39 is 12.4 Å². The summed E-state index contributed by atoms with van der Waals surface area (Å²) < 4.78 is 36.8. The standard InChI is InChI=1S/C10H11BF3/c12-11(13,14)10-5-3-9(4-6-10)7-8-1-2-8/h3-6,8H,1-2,7H2/q-1. The Morgan fingerprint density at radius 1 is 1.07 bits per heavy atom. The molecule has 0 saturated heterocycles. The molecule has 14 heavy (non-hydrogen) atoms. The van der Waals surface area contributed by atoms with E-state index in [1.165, 1.54) is 25.0 Å². The average molecular weight is 199 g/mol. The molecule has 0 radical (unpaired) electrons. The third kappa shape index (κ3) is 2.31. The van der Waals surface area contributed by atoms with Crippen LogP contribution in [0.5, 0.6) is 0 Å². The lowest BCUT2D eigenvalue weighted by Gasteiger charge is -2.14. The van der Waals surface area contributed by atoms with Gasteiger partial charge in [-0.2, -0.15) is 0 Å². The van der Waals surface area contributed by atoms with Gasteiger partial charge in [0.05, 0.1) is 0 Å². The first-order chi connectivity index (χ1) is 6.55. The van der Waals surface area contributed by atoms with Gasteiger partial charge in [0, 0.05) is 0 Å². The summed E-state index contributed by atoms with van der Waals surface area (Å²) in [6.07, 6.45) is 3.39. The Labute approximate surface area is 81.2 Å². The normalized spacial score (nSPS) is 17.1. The fourth-order valence-electron chi connectivity index (χ4n) is 1.53. The molecule has 0 N–H and O–H groups in total. The quantitative estimate of drug-likeness (QED) is 0.656. The van der Waals surface area contributed by atoms with Gasteiger partial charge in [-0.1, -0.05) is 24.3 Å². The first-order valence-corrected chi connectivity index (χ1v) is 4.84. The SMILES string of the molecule is F[B-](F)(F)c1ccc(CC2CC2)cc1. The van der Waals surface area contributed by atoms with E-state index in [9.17, 15) is 12.9 Å². The maximum Gasteiger partial charge on any atom is 0.509 e. The average Bonchev–Trinajstić information content (AvgIpc) is 2.88. The molecule has 1 fully saturated rings. The Hall–Kier alpha value is -0.925. The zero-order valence-electron chi connectivity index (χ0n) is 7.72. The predicted octanol–water partition coefficient (Wildman–Crippen LogP) is 2.69. The molecule has 1 aromatic carbocycles. The number of halogens is 3. The van der Waals surface area contributed by atoms with Crippen LogP contribution in [0, 0.1) is 5.92 Å². The topological polar surface area (TPSA) is 0 Å². The first kappa shape index (κ1) is 9.62. The molecule has 4 heteroatoms. The fraction of sp³-hybridized carbons (Fsp3) is 0.400. The van der Waals surface area contributed by atoms with Crippen LogP contribution in [0.25, 0.3) is 0 Å². The molecular weight excluding hydrogens is 188 g/mol. The minimum absolute atomic E-state index is 0.496. The highest BCUT2D eigenvalue weighted by Crippen LogP contribution is 2.32. The van der Waals surface area contributed by atoms with Crippen LogP contribution < -0.4 is 5.46 Å². The second kappa shape index (κ2) is 3.33. The van der Waals surface area contributed by atoms with Crippen molar-refractivity contribution in [1.29, 1.82) is 0 Å². The number of rotatable bonds is 3. The van der Waals surface area contributed by atoms with Gasteiger partial charge in [0.25, 0.3) is 0 Å². The lowest BCUT2D eigenvalue weighted by Crippen LogP contribution is -2.33. The van der Waals surface area contributed by atoms with Crippen molar-refractivity contribution in [3.63, 3.8) is 0 Å². The minimum Gasteiger partial charge on any atom is -0.445 e. The van der Waals surface area contributed by atoms with Crippen LogP contribution in [0.1, 0.15) is 18.4 Å². The van der Waals surface area contributed by atoms with Crippen molar-refractivity contribution in [1.82, 2.24) is 0 Å². The molecule has 0 spiro atoms. The second-order valence-electron chi connectivity index (χ2n) is 3.96. The van der Waals surface area contributed by atoms with Crippen molar-refractivity contribution in [3.8, 4) is 0 Å². The van der Waals surface area contributed by atoms with Gasteiger partial charge in [0.15, 0.2) is 0 Å². The van der Waals surface area contributed by atoms with Crippen LogP contribution >= 0.6 is 0 Å². The Bertz CT molecular complexity index is 311. The zero-order valence-corrected chi connectivity index (χ0v) is 7.72. The molecule has 1 aliphatic rings. The summed E-state index contributed by atoms with van der Waals surface area (Å²) in [6.45, 7) is -4.83. The highest BCUT2D eigenvalue weighted by Gasteiger charge is 2.25. The zero-order chi connectivity index (χ0) is 10.2. The van der Waals surface area contributed by atoms with Gasteiger partial charge in [0.1, 0.15) is 0 Å². The largest absolute Gasteiger partial charge is 0.509 e. The summed E-state index contributed by atoms with van der Waals surface area (Å²) in [7, 11) is 0. The molecule has 76 valence electrons. The monoisotopic (exact) mass is 199 g/mol. The van der Waals surface area contributed by atoms with E-state index in [0.717, 1.165) is 17.9 Å². The lowest BCUT2D eigenvalue weighted by molar-refractivity contribution is 0.501. The van der Waals surface area contributed by atoms with Crippen LogP contribution in [-0.4, -0.2) is 6.98 Å². The molecule has 0 aliphatic heterocycles. The molecule has 1 saturated carbocycles. The fourth-order valence-corrected chi connectivity index (χ4v) is 1.53. The number of benzene rings is 1. The van der Waals surface area contributed by atoms with Crippen LogP contribution in [0.2, 0.25) is 0 Å². The summed E-state index contributed by atoms with van der Waals surface area (Å²) in [5, 5.41) is 0. The third-order valence-corrected chi connectivity index (χ3v) is 2.58. The molecule has 0 bridgehead atoms. The molecule has 0 heterocycles. The van der Waals surface area contributed by atoms with E-state index in [0.29, 0.717) is 0 Å². The summed E-state index contributed by atoms with van der Waals surface area (Å²) in [6, 6.07) is 5.58. The Kier molecular flexibility index (Phi) is 2.29. The van der Waals surface area contributed by atoms with Gasteiger partial charge in [-0.3, -0.25) is 0 Å². The van der Waals surface area contributed by atoms with Crippen LogP contribution in [0.3, 0.4) is 0 Å². The molecule has 2 rings (SSSR count). The van der Waals surface area contributed by atoms with E-state index in [4.69, 9.17) is 0 Å². The summed E-state index contributed by atoms with van der Waals surface area (Å²) >= 11 is 0. The van der Waals surface area contributed by atoms with E-state index in [2.05, 4.69) is 0 Å². The van der Waals surface area contributed by atoms with Crippen LogP contribution in [0.4, 0.5) is 12.9 Å². The maximum atomic E-state index is 12.3. The lowest BCUT2D eigenvalue weighted by atomic mass is 9.80. The maximum absolute atomic E-state index is 12.3. The molecular formula is C10H11BF3-. The van der Waals surface area contributed by atoms with Crippen molar-refractivity contribution in [2.75, 3.05) is 0 Å². The van der Waals surface area contributed by atoms with Crippen molar-refractivity contribution in [2.45, 2.75) is 19.3 Å². The first-order valence-electron chi connectivity index (χ1n) is 4.84. The predicted molar refractivity (Wildman–Crippen MR) is 51.6 cm³/mol.